The van der Waals surface area contributed by atoms with Gasteiger partial charge in [0.15, 0.2) is 0 Å². The Morgan fingerprint density at radius 3 is 2.54 bits per heavy atom. The molecule has 3 atom stereocenters. The highest BCUT2D eigenvalue weighted by molar-refractivity contribution is 5.98. The van der Waals surface area contributed by atoms with E-state index in [2.05, 4.69) is 0 Å². The maximum atomic E-state index is 12.5. The Bertz CT molecular complexity index is 622. The normalized spacial score (nSPS) is 32.7. The van der Waals surface area contributed by atoms with Crippen molar-refractivity contribution >= 4 is 17.5 Å². The van der Waals surface area contributed by atoms with Crippen molar-refractivity contribution in [3.8, 4) is 0 Å². The van der Waals surface area contributed by atoms with Crippen LogP contribution in [0.2, 0.25) is 0 Å². The fourth-order valence-electron chi connectivity index (χ4n) is 3.13. The molecule has 0 amide bonds. The van der Waals surface area contributed by atoms with Crippen LogP contribution in [0.1, 0.15) is 47.0 Å². The number of ether oxygens (including phenoxy) is 1. The minimum Gasteiger partial charge on any atom is -0.454 e. The van der Waals surface area contributed by atoms with Gasteiger partial charge in [-0.15, -0.1) is 0 Å². The van der Waals surface area contributed by atoms with Crippen molar-refractivity contribution in [3.05, 3.63) is 35.5 Å². The van der Waals surface area contributed by atoms with E-state index in [1.807, 2.05) is 45.9 Å². The summed E-state index contributed by atoms with van der Waals surface area (Å²) in [7, 11) is 0. The lowest BCUT2D eigenvalue weighted by Crippen LogP contribution is -2.29. The number of esters is 1. The van der Waals surface area contributed by atoms with Crippen LogP contribution in [0.5, 0.6) is 0 Å². The zero-order valence-corrected chi connectivity index (χ0v) is 14.9. The second-order valence-corrected chi connectivity index (χ2v) is 7.22. The largest absolute Gasteiger partial charge is 0.454 e. The SMILES string of the molecule is C/C1=C/C=C/C(C)C(=O)C[C@H](C(C)C)[C@H]2C=C(CC(=O)C1)C(=O)O2. The van der Waals surface area contributed by atoms with E-state index in [4.69, 9.17) is 4.74 Å². The third kappa shape index (κ3) is 4.53. The van der Waals surface area contributed by atoms with Gasteiger partial charge in [0.25, 0.3) is 0 Å². The topological polar surface area (TPSA) is 60.4 Å². The maximum Gasteiger partial charge on any atom is 0.334 e. The molecule has 0 spiro atoms. The van der Waals surface area contributed by atoms with Crippen LogP contribution >= 0.6 is 0 Å². The summed E-state index contributed by atoms with van der Waals surface area (Å²) >= 11 is 0. The summed E-state index contributed by atoms with van der Waals surface area (Å²) in [5, 5.41) is 0. The summed E-state index contributed by atoms with van der Waals surface area (Å²) in [6, 6.07) is 0. The number of rotatable bonds is 1. The average molecular weight is 330 g/mol. The summed E-state index contributed by atoms with van der Waals surface area (Å²) in [4.78, 5) is 36.7. The first kappa shape index (κ1) is 18.4. The van der Waals surface area contributed by atoms with Gasteiger partial charge in [0.05, 0.1) is 0 Å². The van der Waals surface area contributed by atoms with Gasteiger partial charge in [0.1, 0.15) is 17.7 Å². The molecule has 1 unspecified atom stereocenters. The molecule has 0 N–H and O–H groups in total. The molecule has 0 radical (unpaired) electrons. The molecule has 0 fully saturated rings. The number of hydrogen-bond acceptors (Lipinski definition) is 4. The number of allylic oxidation sites excluding steroid dienone is 4. The number of Topliss-reactive ketones (excluding diaryl/α,β-unsaturated/α-hetero) is 2. The predicted octanol–water partition coefficient (Wildman–Crippen LogP) is 3.57. The monoisotopic (exact) mass is 330 g/mol. The number of carbonyl (C=O) groups is 3. The molecule has 1 heterocycles. The van der Waals surface area contributed by atoms with Crippen LogP contribution in [0, 0.1) is 17.8 Å². The number of ketones is 2. The molecular weight excluding hydrogens is 304 g/mol. The Morgan fingerprint density at radius 1 is 1.17 bits per heavy atom. The first-order chi connectivity index (χ1) is 11.3. The molecule has 2 aliphatic rings. The van der Waals surface area contributed by atoms with Crippen molar-refractivity contribution in [3.63, 3.8) is 0 Å². The molecule has 1 aliphatic carbocycles. The van der Waals surface area contributed by atoms with Gasteiger partial charge < -0.3 is 4.74 Å². The van der Waals surface area contributed by atoms with Crippen LogP contribution in [-0.4, -0.2) is 23.6 Å². The first-order valence-corrected chi connectivity index (χ1v) is 8.58. The number of carbonyl (C=O) groups excluding carboxylic acids is 3. The van der Waals surface area contributed by atoms with Crippen LogP contribution in [0.15, 0.2) is 35.5 Å². The third-order valence-electron chi connectivity index (χ3n) is 4.74. The molecule has 1 aliphatic heterocycles. The van der Waals surface area contributed by atoms with Gasteiger partial charge in [-0.05, 0) is 18.9 Å². The Balaban J connectivity index is 2.34. The smallest absolute Gasteiger partial charge is 0.334 e. The molecule has 130 valence electrons. The second kappa shape index (κ2) is 7.73. The van der Waals surface area contributed by atoms with E-state index >= 15 is 0 Å². The highest BCUT2D eigenvalue weighted by Gasteiger charge is 2.35. The van der Waals surface area contributed by atoms with Crippen molar-refractivity contribution in [2.45, 2.75) is 53.1 Å². The van der Waals surface area contributed by atoms with E-state index in [-0.39, 0.29) is 35.7 Å². The molecular formula is C20H26O4. The fourth-order valence-corrected chi connectivity index (χ4v) is 3.13. The van der Waals surface area contributed by atoms with E-state index in [9.17, 15) is 14.4 Å². The van der Waals surface area contributed by atoms with Crippen LogP contribution in [-0.2, 0) is 19.1 Å². The van der Waals surface area contributed by atoms with E-state index in [0.717, 1.165) is 5.57 Å². The van der Waals surface area contributed by atoms with Gasteiger partial charge in [0.2, 0.25) is 0 Å². The summed E-state index contributed by atoms with van der Waals surface area (Å²) in [5.74, 6) is -0.344. The van der Waals surface area contributed by atoms with E-state index in [1.165, 1.54) is 0 Å². The minimum atomic E-state index is -0.422. The first-order valence-electron chi connectivity index (χ1n) is 8.58. The van der Waals surface area contributed by atoms with Gasteiger partial charge in [-0.3, -0.25) is 9.59 Å². The van der Waals surface area contributed by atoms with E-state index in [1.54, 1.807) is 6.08 Å². The minimum absolute atomic E-state index is 0.00304. The Labute approximate surface area is 143 Å². The van der Waals surface area contributed by atoms with Crippen molar-refractivity contribution in [2.24, 2.45) is 17.8 Å². The van der Waals surface area contributed by atoms with Gasteiger partial charge in [-0.25, -0.2) is 4.79 Å². The summed E-state index contributed by atoms with van der Waals surface area (Å²) in [5.41, 5.74) is 1.34. The zero-order valence-electron chi connectivity index (χ0n) is 14.9. The lowest BCUT2D eigenvalue weighted by atomic mass is 9.83. The molecule has 2 rings (SSSR count). The number of fused-ring (bicyclic) bond motifs is 1. The Morgan fingerprint density at radius 2 is 1.88 bits per heavy atom. The van der Waals surface area contributed by atoms with Gasteiger partial charge in [-0.1, -0.05) is 44.6 Å². The zero-order chi connectivity index (χ0) is 17.9. The molecule has 4 heteroatoms. The Hall–Kier alpha value is -1.97. The quantitative estimate of drug-likeness (QED) is 0.690. The van der Waals surface area contributed by atoms with Crippen molar-refractivity contribution < 1.29 is 19.1 Å². The number of hydrogen-bond donors (Lipinski definition) is 0. The third-order valence-corrected chi connectivity index (χ3v) is 4.74. The fraction of sp³-hybridized carbons (Fsp3) is 0.550. The van der Waals surface area contributed by atoms with Crippen LogP contribution in [0.25, 0.3) is 0 Å². The van der Waals surface area contributed by atoms with Gasteiger partial charge in [-0.2, -0.15) is 0 Å². The predicted molar refractivity (Wildman–Crippen MR) is 92.2 cm³/mol. The average Bonchev–Trinajstić information content (AvgIpc) is 2.83. The van der Waals surface area contributed by atoms with Crippen molar-refractivity contribution in [1.29, 1.82) is 0 Å². The van der Waals surface area contributed by atoms with Crippen molar-refractivity contribution in [2.75, 3.05) is 0 Å². The second-order valence-electron chi connectivity index (χ2n) is 7.22. The molecule has 0 aromatic heterocycles. The van der Waals surface area contributed by atoms with E-state index < -0.39 is 12.1 Å². The van der Waals surface area contributed by atoms with E-state index in [0.29, 0.717) is 18.4 Å². The molecule has 4 nitrogen and oxygen atoms in total. The van der Waals surface area contributed by atoms with Crippen molar-refractivity contribution in [1.82, 2.24) is 0 Å². The molecule has 2 bridgehead atoms. The van der Waals surface area contributed by atoms with Crippen LogP contribution in [0.4, 0.5) is 0 Å². The lowest BCUT2D eigenvalue weighted by Gasteiger charge is -2.25. The standard InChI is InChI=1S/C20H26O4/c1-12(2)17-11-18(22)14(4)7-5-6-13(3)8-16(21)9-15-10-19(17)24-20(15)23/h5-7,10,12,14,17,19H,8-9,11H2,1-4H3/b7-5+,13-6-/t14?,17-,19-/m1/s1. The van der Waals surface area contributed by atoms with Gasteiger partial charge in [0, 0.05) is 36.7 Å². The summed E-state index contributed by atoms with van der Waals surface area (Å²) < 4.78 is 5.46. The van der Waals surface area contributed by atoms with Gasteiger partial charge >= 0.3 is 5.97 Å². The molecule has 0 aromatic rings. The summed E-state index contributed by atoms with van der Waals surface area (Å²) in [6.45, 7) is 7.80. The Kier molecular flexibility index (Phi) is 5.92. The lowest BCUT2D eigenvalue weighted by molar-refractivity contribution is -0.143. The van der Waals surface area contributed by atoms with Crippen LogP contribution in [0.3, 0.4) is 0 Å². The summed E-state index contributed by atoms with van der Waals surface area (Å²) in [6.07, 6.45) is 7.66. The maximum absolute atomic E-state index is 12.5. The highest BCUT2D eigenvalue weighted by Crippen LogP contribution is 2.31. The molecule has 0 aromatic carbocycles. The molecule has 0 saturated carbocycles. The molecule has 0 saturated heterocycles. The molecule has 24 heavy (non-hydrogen) atoms. The highest BCUT2D eigenvalue weighted by atomic mass is 16.5. The van der Waals surface area contributed by atoms with Crippen LogP contribution < -0.4 is 0 Å².